The van der Waals surface area contributed by atoms with Crippen molar-refractivity contribution in [3.05, 3.63) is 52.7 Å². The van der Waals surface area contributed by atoms with Crippen molar-refractivity contribution in [2.75, 3.05) is 5.32 Å². The lowest BCUT2D eigenvalue weighted by Crippen LogP contribution is -2.16. The minimum Gasteiger partial charge on any atom is -0.365 e. The van der Waals surface area contributed by atoms with Gasteiger partial charge in [-0.25, -0.2) is 4.98 Å². The first kappa shape index (κ1) is 14.0. The predicted molar refractivity (Wildman–Crippen MR) is 79.8 cm³/mol. The molecule has 2 rings (SSSR count). The highest BCUT2D eigenvalue weighted by Gasteiger charge is 2.14. The highest BCUT2D eigenvalue weighted by atomic mass is 16.1. The van der Waals surface area contributed by atoms with Crippen LogP contribution in [0.15, 0.2) is 30.3 Å². The zero-order valence-corrected chi connectivity index (χ0v) is 11.6. The molecule has 5 nitrogen and oxygen atoms in total. The quantitative estimate of drug-likeness (QED) is 0.792. The molecular weight excluding hydrogens is 252 g/mol. The number of amides is 1. The van der Waals surface area contributed by atoms with Crippen LogP contribution in [0.5, 0.6) is 0 Å². The summed E-state index contributed by atoms with van der Waals surface area (Å²) in [5.74, 6) is -0.00780. The summed E-state index contributed by atoms with van der Waals surface area (Å²) in [5.41, 5.74) is 14.9. The number of aromatic nitrogens is 1. The number of carbonyl (C=O) groups is 1. The molecule has 0 saturated heterocycles. The van der Waals surface area contributed by atoms with E-state index in [9.17, 15) is 4.79 Å². The highest BCUT2D eigenvalue weighted by molar-refractivity contribution is 5.99. The summed E-state index contributed by atoms with van der Waals surface area (Å²) in [6.45, 7) is 4.21. The molecule has 0 aliphatic carbocycles. The Morgan fingerprint density at radius 2 is 1.90 bits per heavy atom. The lowest BCUT2D eigenvalue weighted by atomic mass is 10.1. The van der Waals surface area contributed by atoms with Gasteiger partial charge in [-0.2, -0.15) is 0 Å². The Morgan fingerprint density at radius 3 is 2.45 bits per heavy atom. The zero-order chi connectivity index (χ0) is 14.7. The smallest absolute Gasteiger partial charge is 0.252 e. The van der Waals surface area contributed by atoms with Crippen LogP contribution in [0, 0.1) is 13.8 Å². The van der Waals surface area contributed by atoms with Gasteiger partial charge in [0.2, 0.25) is 0 Å². The first-order valence-corrected chi connectivity index (χ1v) is 6.35. The number of anilines is 2. The van der Waals surface area contributed by atoms with E-state index in [4.69, 9.17) is 11.5 Å². The number of primary amides is 1. The van der Waals surface area contributed by atoms with Crippen LogP contribution in [0.1, 0.15) is 27.2 Å². The Morgan fingerprint density at radius 1 is 1.25 bits per heavy atom. The number of nitrogens with zero attached hydrogens (tertiary/aromatic N) is 1. The summed E-state index contributed by atoms with van der Waals surface area (Å²) >= 11 is 0. The van der Waals surface area contributed by atoms with Crippen molar-refractivity contribution in [1.82, 2.24) is 4.98 Å². The zero-order valence-electron chi connectivity index (χ0n) is 11.6. The predicted octanol–water partition coefficient (Wildman–Crippen LogP) is 2.00. The van der Waals surface area contributed by atoms with E-state index in [-0.39, 0.29) is 0 Å². The monoisotopic (exact) mass is 270 g/mol. The van der Waals surface area contributed by atoms with Crippen molar-refractivity contribution in [3.8, 4) is 0 Å². The minimum absolute atomic E-state index is 0.415. The van der Waals surface area contributed by atoms with Gasteiger partial charge in [0, 0.05) is 17.9 Å². The maximum atomic E-state index is 11.6. The molecular formula is C15H18N4O. The molecule has 1 heterocycles. The second kappa shape index (κ2) is 5.71. The average molecular weight is 270 g/mol. The Labute approximate surface area is 118 Å². The van der Waals surface area contributed by atoms with Crippen LogP contribution in [0.3, 0.4) is 0 Å². The van der Waals surface area contributed by atoms with E-state index in [0.717, 1.165) is 22.5 Å². The number of aryl methyl sites for hydroxylation is 2. The van der Waals surface area contributed by atoms with E-state index in [1.54, 1.807) is 0 Å². The van der Waals surface area contributed by atoms with Crippen LogP contribution in [0.4, 0.5) is 11.5 Å². The van der Waals surface area contributed by atoms with Crippen molar-refractivity contribution >= 4 is 17.4 Å². The third-order valence-corrected chi connectivity index (χ3v) is 3.04. The SMILES string of the molecule is Cc1cc(C)c(C(N)=O)c(Nc2ccc(CN)cc2)n1. The second-order valence-corrected chi connectivity index (χ2v) is 4.69. The Hall–Kier alpha value is -2.40. The first-order chi connectivity index (χ1) is 9.51. The van der Waals surface area contributed by atoms with Crippen molar-refractivity contribution in [1.29, 1.82) is 0 Å². The van der Waals surface area contributed by atoms with Gasteiger partial charge in [0.1, 0.15) is 5.82 Å². The first-order valence-electron chi connectivity index (χ1n) is 6.35. The summed E-state index contributed by atoms with van der Waals surface area (Å²) in [4.78, 5) is 15.9. The summed E-state index contributed by atoms with van der Waals surface area (Å²) < 4.78 is 0. The lowest BCUT2D eigenvalue weighted by molar-refractivity contribution is 0.100. The number of nitrogens with two attached hydrogens (primary N) is 2. The fourth-order valence-corrected chi connectivity index (χ4v) is 2.10. The summed E-state index contributed by atoms with van der Waals surface area (Å²) in [6, 6.07) is 9.48. The van der Waals surface area contributed by atoms with Crippen LogP contribution in [-0.4, -0.2) is 10.9 Å². The molecule has 0 spiro atoms. The van der Waals surface area contributed by atoms with Gasteiger partial charge in [-0.3, -0.25) is 4.79 Å². The molecule has 0 radical (unpaired) electrons. The molecule has 0 bridgehead atoms. The van der Waals surface area contributed by atoms with Crippen molar-refractivity contribution in [3.63, 3.8) is 0 Å². The van der Waals surface area contributed by atoms with Crippen LogP contribution in [-0.2, 0) is 6.54 Å². The molecule has 104 valence electrons. The van der Waals surface area contributed by atoms with Gasteiger partial charge in [-0.1, -0.05) is 12.1 Å². The molecule has 0 fully saturated rings. The van der Waals surface area contributed by atoms with E-state index in [1.165, 1.54) is 0 Å². The number of pyridine rings is 1. The standard InChI is InChI=1S/C15H18N4O/c1-9-7-10(2)18-15(13(9)14(17)20)19-12-5-3-11(8-16)4-6-12/h3-7H,8,16H2,1-2H3,(H2,17,20)(H,18,19). The third-order valence-electron chi connectivity index (χ3n) is 3.04. The van der Waals surface area contributed by atoms with Gasteiger partial charge in [-0.05, 0) is 43.2 Å². The maximum Gasteiger partial charge on any atom is 0.252 e. The Kier molecular flexibility index (Phi) is 4.00. The van der Waals surface area contributed by atoms with Gasteiger partial charge >= 0.3 is 0 Å². The van der Waals surface area contributed by atoms with Gasteiger partial charge in [0.25, 0.3) is 5.91 Å². The molecule has 0 atom stereocenters. The molecule has 2 aromatic rings. The Balaban J connectivity index is 2.39. The summed E-state index contributed by atoms with van der Waals surface area (Å²) in [5, 5.41) is 3.13. The normalized spacial score (nSPS) is 10.3. The summed E-state index contributed by atoms with van der Waals surface area (Å²) in [7, 11) is 0. The van der Waals surface area contributed by atoms with Crippen LogP contribution in [0.25, 0.3) is 0 Å². The molecule has 0 aliphatic heterocycles. The topological polar surface area (TPSA) is 94.0 Å². The fraction of sp³-hybridized carbons (Fsp3) is 0.200. The molecule has 5 N–H and O–H groups in total. The highest BCUT2D eigenvalue weighted by Crippen LogP contribution is 2.22. The average Bonchev–Trinajstić information content (AvgIpc) is 2.38. The molecule has 0 unspecified atom stereocenters. The second-order valence-electron chi connectivity index (χ2n) is 4.69. The number of carbonyl (C=O) groups excluding carboxylic acids is 1. The fourth-order valence-electron chi connectivity index (χ4n) is 2.10. The number of hydrogen-bond donors (Lipinski definition) is 3. The largest absolute Gasteiger partial charge is 0.365 e. The number of hydrogen-bond acceptors (Lipinski definition) is 4. The van der Waals surface area contributed by atoms with Gasteiger partial charge in [0.05, 0.1) is 5.56 Å². The van der Waals surface area contributed by atoms with Gasteiger partial charge in [0.15, 0.2) is 0 Å². The van der Waals surface area contributed by atoms with E-state index in [0.29, 0.717) is 17.9 Å². The molecule has 1 amide bonds. The van der Waals surface area contributed by atoms with Gasteiger partial charge in [-0.15, -0.1) is 0 Å². The minimum atomic E-state index is -0.490. The van der Waals surface area contributed by atoms with Crippen molar-refractivity contribution < 1.29 is 4.79 Å². The Bertz CT molecular complexity index is 635. The van der Waals surface area contributed by atoms with E-state index in [2.05, 4.69) is 10.3 Å². The van der Waals surface area contributed by atoms with Crippen molar-refractivity contribution in [2.45, 2.75) is 20.4 Å². The molecule has 0 saturated carbocycles. The van der Waals surface area contributed by atoms with Gasteiger partial charge < -0.3 is 16.8 Å². The number of benzene rings is 1. The molecule has 20 heavy (non-hydrogen) atoms. The molecule has 0 aliphatic rings. The van der Waals surface area contributed by atoms with E-state index < -0.39 is 5.91 Å². The van der Waals surface area contributed by atoms with E-state index in [1.807, 2.05) is 44.2 Å². The molecule has 1 aromatic carbocycles. The van der Waals surface area contributed by atoms with Crippen LogP contribution in [0.2, 0.25) is 0 Å². The number of nitrogens with one attached hydrogen (secondary N) is 1. The van der Waals surface area contributed by atoms with Crippen LogP contribution >= 0.6 is 0 Å². The van der Waals surface area contributed by atoms with E-state index >= 15 is 0 Å². The van der Waals surface area contributed by atoms with Crippen molar-refractivity contribution in [2.24, 2.45) is 11.5 Å². The third kappa shape index (κ3) is 2.95. The summed E-state index contributed by atoms with van der Waals surface area (Å²) in [6.07, 6.45) is 0. The number of rotatable bonds is 4. The molecule has 1 aromatic heterocycles. The maximum absolute atomic E-state index is 11.6. The van der Waals surface area contributed by atoms with Crippen LogP contribution < -0.4 is 16.8 Å². The lowest BCUT2D eigenvalue weighted by Gasteiger charge is -2.12. The molecule has 5 heteroatoms.